The maximum Gasteiger partial charge on any atom is 0.191 e. The van der Waals surface area contributed by atoms with E-state index in [9.17, 15) is 12.8 Å². The Kier molecular flexibility index (Phi) is 9.47. The van der Waals surface area contributed by atoms with Gasteiger partial charge in [-0.25, -0.2) is 12.8 Å². The Hall–Kier alpha value is -1.72. The minimum Gasteiger partial charge on any atom is -0.381 e. The molecule has 2 N–H and O–H groups in total. The largest absolute Gasteiger partial charge is 0.381 e. The number of hydrogen-bond acceptors (Lipinski definition) is 4. The van der Waals surface area contributed by atoms with Crippen molar-refractivity contribution in [1.82, 2.24) is 10.6 Å². The van der Waals surface area contributed by atoms with Crippen LogP contribution in [0.2, 0.25) is 0 Å². The summed E-state index contributed by atoms with van der Waals surface area (Å²) in [4.78, 5) is 4.66. The first-order valence-electron chi connectivity index (χ1n) is 10.3. The zero-order valence-corrected chi connectivity index (χ0v) is 21.8. The predicted molar refractivity (Wildman–Crippen MR) is 136 cm³/mol. The molecule has 176 valence electrons. The summed E-state index contributed by atoms with van der Waals surface area (Å²) in [5.41, 5.74) is 2.62. The van der Waals surface area contributed by atoms with E-state index in [1.165, 1.54) is 18.4 Å². The Bertz CT molecular complexity index is 1040. The number of nitrogens with zero attached hydrogens (tertiary/aromatic N) is 1. The molecule has 0 unspecified atom stereocenters. The van der Waals surface area contributed by atoms with Crippen LogP contribution in [-0.2, 0) is 26.5 Å². The number of benzene rings is 2. The van der Waals surface area contributed by atoms with Gasteiger partial charge in [-0.3, -0.25) is 4.99 Å². The molecule has 0 aromatic heterocycles. The Morgan fingerprint density at radius 1 is 1.12 bits per heavy atom. The molecule has 0 spiro atoms. The monoisotopic (exact) mass is 575 g/mol. The molecule has 0 aliphatic carbocycles. The SMILES string of the molecule is CN=C(NCc1ccc(S(C)(=O)=O)c(C)c1)NCC1(c2ccc(F)cc2)CCOCC1.I. The van der Waals surface area contributed by atoms with Gasteiger partial charge in [0, 0.05) is 45.0 Å². The summed E-state index contributed by atoms with van der Waals surface area (Å²) in [5.74, 6) is 0.409. The van der Waals surface area contributed by atoms with Crippen molar-refractivity contribution < 1.29 is 17.5 Å². The normalized spacial score (nSPS) is 16.2. The molecule has 1 heterocycles. The summed E-state index contributed by atoms with van der Waals surface area (Å²) in [6.07, 6.45) is 2.90. The molecule has 1 aliphatic rings. The second kappa shape index (κ2) is 11.4. The second-order valence-corrected chi connectivity index (χ2v) is 10.0. The summed E-state index contributed by atoms with van der Waals surface area (Å²) < 4.78 is 42.6. The maximum atomic E-state index is 13.4. The highest BCUT2D eigenvalue weighted by Crippen LogP contribution is 2.34. The summed E-state index contributed by atoms with van der Waals surface area (Å²) >= 11 is 0. The number of aliphatic imine (C=N–C) groups is 1. The van der Waals surface area contributed by atoms with E-state index in [4.69, 9.17) is 4.74 Å². The topological polar surface area (TPSA) is 79.8 Å². The van der Waals surface area contributed by atoms with Crippen molar-refractivity contribution >= 4 is 39.8 Å². The lowest BCUT2D eigenvalue weighted by atomic mass is 9.74. The fourth-order valence-corrected chi connectivity index (χ4v) is 4.99. The summed E-state index contributed by atoms with van der Waals surface area (Å²) in [7, 11) is -1.52. The van der Waals surface area contributed by atoms with Crippen LogP contribution in [0.1, 0.15) is 29.5 Å². The minimum absolute atomic E-state index is 0. The summed E-state index contributed by atoms with van der Waals surface area (Å²) in [5, 5.41) is 6.69. The van der Waals surface area contributed by atoms with E-state index < -0.39 is 9.84 Å². The molecule has 0 saturated carbocycles. The van der Waals surface area contributed by atoms with Crippen molar-refractivity contribution in [2.75, 3.05) is 33.1 Å². The van der Waals surface area contributed by atoms with Gasteiger partial charge >= 0.3 is 0 Å². The van der Waals surface area contributed by atoms with Crippen LogP contribution in [0.4, 0.5) is 4.39 Å². The number of sulfone groups is 1. The highest BCUT2D eigenvalue weighted by molar-refractivity contribution is 14.0. The molecule has 0 atom stereocenters. The van der Waals surface area contributed by atoms with Gasteiger partial charge in [0.25, 0.3) is 0 Å². The molecular weight excluding hydrogens is 544 g/mol. The third kappa shape index (κ3) is 6.64. The summed E-state index contributed by atoms with van der Waals surface area (Å²) in [6, 6.07) is 12.0. The molecule has 3 rings (SSSR count). The third-order valence-electron chi connectivity index (χ3n) is 5.82. The average molecular weight is 575 g/mol. The number of aryl methyl sites for hydroxylation is 1. The molecule has 6 nitrogen and oxygen atoms in total. The van der Waals surface area contributed by atoms with E-state index in [-0.39, 0.29) is 35.2 Å². The smallest absolute Gasteiger partial charge is 0.191 e. The number of nitrogens with one attached hydrogen (secondary N) is 2. The number of rotatable bonds is 6. The van der Waals surface area contributed by atoms with Crippen LogP contribution in [0.5, 0.6) is 0 Å². The van der Waals surface area contributed by atoms with Crippen molar-refractivity contribution in [3.8, 4) is 0 Å². The van der Waals surface area contributed by atoms with Crippen molar-refractivity contribution in [3.05, 3.63) is 65.0 Å². The van der Waals surface area contributed by atoms with Gasteiger partial charge in [-0.15, -0.1) is 24.0 Å². The van der Waals surface area contributed by atoms with Crippen LogP contribution in [0.3, 0.4) is 0 Å². The van der Waals surface area contributed by atoms with Crippen LogP contribution < -0.4 is 10.6 Å². The Labute approximate surface area is 207 Å². The average Bonchev–Trinajstić information content (AvgIpc) is 2.74. The predicted octanol–water partition coefficient (Wildman–Crippen LogP) is 3.57. The van der Waals surface area contributed by atoms with E-state index in [0.717, 1.165) is 29.5 Å². The van der Waals surface area contributed by atoms with Crippen molar-refractivity contribution in [1.29, 1.82) is 0 Å². The summed E-state index contributed by atoms with van der Waals surface area (Å²) in [6.45, 7) is 4.28. The van der Waals surface area contributed by atoms with Gasteiger partial charge in [0.05, 0.1) is 4.90 Å². The molecule has 0 bridgehead atoms. The van der Waals surface area contributed by atoms with Crippen molar-refractivity contribution in [3.63, 3.8) is 0 Å². The van der Waals surface area contributed by atoms with Crippen LogP contribution in [0, 0.1) is 12.7 Å². The first-order valence-corrected chi connectivity index (χ1v) is 12.2. The van der Waals surface area contributed by atoms with E-state index in [1.807, 2.05) is 24.3 Å². The van der Waals surface area contributed by atoms with Gasteiger partial charge in [0.15, 0.2) is 15.8 Å². The second-order valence-electron chi connectivity index (χ2n) is 8.05. The number of hydrogen-bond donors (Lipinski definition) is 2. The van der Waals surface area contributed by atoms with E-state index in [2.05, 4.69) is 15.6 Å². The van der Waals surface area contributed by atoms with E-state index >= 15 is 0 Å². The fourth-order valence-electron chi connectivity index (χ4n) is 4.03. The highest BCUT2D eigenvalue weighted by atomic mass is 127. The zero-order chi connectivity index (χ0) is 22.5. The standard InChI is InChI=1S/C23H30FN3O3S.HI/c1-17-14-18(4-9-21(17)31(3,28)29)15-26-22(25-2)27-16-23(10-12-30-13-11-23)19-5-7-20(24)8-6-19;/h4-9,14H,10-13,15-16H2,1-3H3,(H2,25,26,27);1H. The zero-order valence-electron chi connectivity index (χ0n) is 18.7. The van der Waals surface area contributed by atoms with Gasteiger partial charge in [-0.2, -0.15) is 0 Å². The van der Waals surface area contributed by atoms with E-state index in [0.29, 0.717) is 37.2 Å². The molecule has 2 aromatic rings. The molecule has 9 heteroatoms. The molecule has 0 radical (unpaired) electrons. The maximum absolute atomic E-state index is 13.4. The lowest BCUT2D eigenvalue weighted by molar-refractivity contribution is 0.0513. The van der Waals surface area contributed by atoms with Crippen molar-refractivity contribution in [2.24, 2.45) is 4.99 Å². The van der Waals surface area contributed by atoms with Gasteiger partial charge in [0.1, 0.15) is 5.82 Å². The Balaban J connectivity index is 0.00000363. The highest BCUT2D eigenvalue weighted by Gasteiger charge is 2.34. The molecule has 2 aromatic carbocycles. The molecule has 1 saturated heterocycles. The molecule has 0 amide bonds. The minimum atomic E-state index is -3.23. The van der Waals surface area contributed by atoms with Crippen LogP contribution >= 0.6 is 24.0 Å². The molecule has 1 fully saturated rings. The van der Waals surface area contributed by atoms with Gasteiger partial charge in [-0.1, -0.05) is 24.3 Å². The Morgan fingerprint density at radius 3 is 2.34 bits per heavy atom. The van der Waals surface area contributed by atoms with E-state index in [1.54, 1.807) is 20.0 Å². The van der Waals surface area contributed by atoms with Crippen LogP contribution in [-0.4, -0.2) is 47.4 Å². The first-order chi connectivity index (χ1) is 14.7. The third-order valence-corrected chi connectivity index (χ3v) is 7.08. The number of ether oxygens (including phenoxy) is 1. The molecule has 1 aliphatic heterocycles. The number of guanidine groups is 1. The quantitative estimate of drug-likeness (QED) is 0.313. The Morgan fingerprint density at radius 2 is 1.78 bits per heavy atom. The van der Waals surface area contributed by atoms with Gasteiger partial charge < -0.3 is 15.4 Å². The van der Waals surface area contributed by atoms with Gasteiger partial charge in [0.2, 0.25) is 0 Å². The van der Waals surface area contributed by atoms with Crippen molar-refractivity contribution in [2.45, 2.75) is 36.6 Å². The van der Waals surface area contributed by atoms with Crippen LogP contribution in [0.25, 0.3) is 0 Å². The first kappa shape index (κ1) is 26.5. The molecule has 32 heavy (non-hydrogen) atoms. The lowest BCUT2D eigenvalue weighted by Gasteiger charge is -2.38. The fraction of sp³-hybridized carbons (Fsp3) is 0.435. The lowest BCUT2D eigenvalue weighted by Crippen LogP contribution is -2.47. The number of halogens is 2. The van der Waals surface area contributed by atoms with Gasteiger partial charge in [-0.05, 0) is 54.7 Å². The molecular formula is C23H31FIN3O3S. The van der Waals surface area contributed by atoms with Crippen LogP contribution in [0.15, 0.2) is 52.4 Å².